The van der Waals surface area contributed by atoms with E-state index in [-0.39, 0.29) is 5.97 Å². The standard InChI is InChI=1S/C9H16O2S2/c1-3-9(10)11-5-6-13-8-7-12-4-2/h3H,1,4-8H2,2H3. The topological polar surface area (TPSA) is 26.3 Å². The van der Waals surface area contributed by atoms with Crippen molar-refractivity contribution in [2.24, 2.45) is 0 Å². The summed E-state index contributed by atoms with van der Waals surface area (Å²) in [4.78, 5) is 10.6. The van der Waals surface area contributed by atoms with Crippen LogP contribution in [0.2, 0.25) is 0 Å². The Bertz CT molecular complexity index is 149. The Hall–Kier alpha value is -0.0900. The van der Waals surface area contributed by atoms with Crippen LogP contribution in [-0.2, 0) is 9.53 Å². The molecule has 13 heavy (non-hydrogen) atoms. The molecular formula is C9H16O2S2. The molecule has 4 heteroatoms. The molecule has 2 nitrogen and oxygen atoms in total. The van der Waals surface area contributed by atoms with E-state index < -0.39 is 0 Å². The predicted octanol–water partition coefficient (Wildman–Crippen LogP) is 2.20. The summed E-state index contributed by atoms with van der Waals surface area (Å²) in [5, 5.41) is 0. The van der Waals surface area contributed by atoms with Gasteiger partial charge in [-0.3, -0.25) is 0 Å². The highest BCUT2D eigenvalue weighted by atomic mass is 32.2. The molecule has 0 atom stereocenters. The van der Waals surface area contributed by atoms with Crippen LogP contribution in [0.4, 0.5) is 0 Å². The lowest BCUT2D eigenvalue weighted by Gasteiger charge is -2.01. The highest BCUT2D eigenvalue weighted by molar-refractivity contribution is 8.02. The summed E-state index contributed by atoms with van der Waals surface area (Å²) in [7, 11) is 0. The smallest absolute Gasteiger partial charge is 0.330 e. The van der Waals surface area contributed by atoms with Crippen molar-refractivity contribution in [3.8, 4) is 0 Å². The van der Waals surface area contributed by atoms with E-state index in [9.17, 15) is 4.79 Å². The first-order valence-electron chi connectivity index (χ1n) is 4.26. The van der Waals surface area contributed by atoms with E-state index in [0.29, 0.717) is 6.61 Å². The Morgan fingerprint density at radius 2 is 2.08 bits per heavy atom. The van der Waals surface area contributed by atoms with E-state index in [2.05, 4.69) is 13.5 Å². The number of carbonyl (C=O) groups is 1. The van der Waals surface area contributed by atoms with E-state index in [4.69, 9.17) is 4.74 Å². The van der Waals surface area contributed by atoms with Crippen LogP contribution in [0.3, 0.4) is 0 Å². The number of thioether (sulfide) groups is 2. The van der Waals surface area contributed by atoms with Crippen molar-refractivity contribution in [1.82, 2.24) is 0 Å². The van der Waals surface area contributed by atoms with E-state index in [0.717, 1.165) is 11.5 Å². The van der Waals surface area contributed by atoms with Crippen LogP contribution in [0.1, 0.15) is 6.92 Å². The van der Waals surface area contributed by atoms with Gasteiger partial charge in [0.15, 0.2) is 0 Å². The maximum absolute atomic E-state index is 10.6. The summed E-state index contributed by atoms with van der Waals surface area (Å²) in [5.74, 6) is 4.03. The van der Waals surface area contributed by atoms with Gasteiger partial charge in [-0.1, -0.05) is 13.5 Å². The summed E-state index contributed by atoms with van der Waals surface area (Å²) < 4.78 is 4.81. The van der Waals surface area contributed by atoms with Gasteiger partial charge >= 0.3 is 5.97 Å². The van der Waals surface area contributed by atoms with Crippen LogP contribution < -0.4 is 0 Å². The van der Waals surface area contributed by atoms with Gasteiger partial charge in [0, 0.05) is 23.3 Å². The van der Waals surface area contributed by atoms with E-state index in [1.54, 1.807) is 0 Å². The molecule has 0 N–H and O–H groups in total. The summed E-state index contributed by atoms with van der Waals surface area (Å²) in [6.07, 6.45) is 1.19. The van der Waals surface area contributed by atoms with Gasteiger partial charge in [-0.25, -0.2) is 4.79 Å². The average Bonchev–Trinajstić information content (AvgIpc) is 2.16. The Kier molecular flexibility index (Phi) is 9.92. The minimum Gasteiger partial charge on any atom is -0.462 e. The molecule has 0 heterocycles. The first-order chi connectivity index (χ1) is 6.31. The second kappa shape index (κ2) is 9.99. The third-order valence-corrected chi connectivity index (χ3v) is 3.32. The molecule has 0 amide bonds. The number of esters is 1. The SMILES string of the molecule is C=CC(=O)OCCSCCSCC. The van der Waals surface area contributed by atoms with Gasteiger partial charge in [-0.2, -0.15) is 23.5 Å². The molecule has 0 aromatic carbocycles. The minimum atomic E-state index is -0.330. The van der Waals surface area contributed by atoms with Gasteiger partial charge in [-0.05, 0) is 5.75 Å². The zero-order chi connectivity index (χ0) is 9.94. The van der Waals surface area contributed by atoms with Crippen molar-refractivity contribution < 1.29 is 9.53 Å². The third kappa shape index (κ3) is 9.83. The highest BCUT2D eigenvalue weighted by Crippen LogP contribution is 2.05. The van der Waals surface area contributed by atoms with Gasteiger partial charge in [0.25, 0.3) is 0 Å². The van der Waals surface area contributed by atoms with Crippen LogP contribution in [0.15, 0.2) is 12.7 Å². The van der Waals surface area contributed by atoms with Crippen LogP contribution in [0, 0.1) is 0 Å². The van der Waals surface area contributed by atoms with E-state index in [1.165, 1.54) is 17.6 Å². The zero-order valence-electron chi connectivity index (χ0n) is 7.95. The highest BCUT2D eigenvalue weighted by Gasteiger charge is 1.94. The molecule has 0 fully saturated rings. The van der Waals surface area contributed by atoms with Gasteiger partial charge in [0.2, 0.25) is 0 Å². The second-order valence-corrected chi connectivity index (χ2v) is 4.80. The lowest BCUT2D eigenvalue weighted by Crippen LogP contribution is -2.04. The molecule has 0 aliphatic heterocycles. The lowest BCUT2D eigenvalue weighted by atomic mass is 10.6. The quantitative estimate of drug-likeness (QED) is 0.356. The lowest BCUT2D eigenvalue weighted by molar-refractivity contribution is -0.137. The first-order valence-corrected chi connectivity index (χ1v) is 6.57. The van der Waals surface area contributed by atoms with Crippen molar-refractivity contribution in [2.45, 2.75) is 6.92 Å². The molecule has 0 spiro atoms. The normalized spacial score (nSPS) is 9.62. The van der Waals surface area contributed by atoms with Crippen LogP contribution in [0.25, 0.3) is 0 Å². The maximum atomic E-state index is 10.6. The molecular weight excluding hydrogens is 204 g/mol. The summed E-state index contributed by atoms with van der Waals surface area (Å²) in [6.45, 7) is 5.96. The predicted molar refractivity (Wildman–Crippen MR) is 61.5 cm³/mol. The monoisotopic (exact) mass is 220 g/mol. The Morgan fingerprint density at radius 1 is 1.38 bits per heavy atom. The summed E-state index contributed by atoms with van der Waals surface area (Å²) in [5.41, 5.74) is 0. The second-order valence-electron chi connectivity index (χ2n) is 2.18. The largest absolute Gasteiger partial charge is 0.462 e. The van der Waals surface area contributed by atoms with Gasteiger partial charge in [-0.15, -0.1) is 0 Å². The number of carbonyl (C=O) groups excluding carboxylic acids is 1. The Morgan fingerprint density at radius 3 is 2.69 bits per heavy atom. The van der Waals surface area contributed by atoms with Crippen LogP contribution >= 0.6 is 23.5 Å². The molecule has 0 radical (unpaired) electrons. The van der Waals surface area contributed by atoms with E-state index in [1.807, 2.05) is 23.5 Å². The zero-order valence-corrected chi connectivity index (χ0v) is 9.59. The van der Waals surface area contributed by atoms with Crippen molar-refractivity contribution >= 4 is 29.5 Å². The summed E-state index contributed by atoms with van der Waals surface area (Å²) in [6, 6.07) is 0. The molecule has 0 bridgehead atoms. The van der Waals surface area contributed by atoms with Crippen molar-refractivity contribution in [2.75, 3.05) is 29.6 Å². The molecule has 76 valence electrons. The molecule has 0 aliphatic rings. The van der Waals surface area contributed by atoms with E-state index >= 15 is 0 Å². The fraction of sp³-hybridized carbons (Fsp3) is 0.667. The third-order valence-electron chi connectivity index (χ3n) is 1.21. The van der Waals surface area contributed by atoms with Gasteiger partial charge in [0.05, 0.1) is 0 Å². The fourth-order valence-electron chi connectivity index (χ4n) is 0.624. The fourth-order valence-corrected chi connectivity index (χ4v) is 2.26. The van der Waals surface area contributed by atoms with Crippen molar-refractivity contribution in [3.63, 3.8) is 0 Å². The number of hydrogen-bond acceptors (Lipinski definition) is 4. The number of hydrogen-bond donors (Lipinski definition) is 0. The van der Waals surface area contributed by atoms with Crippen molar-refractivity contribution in [3.05, 3.63) is 12.7 Å². The molecule has 0 aromatic heterocycles. The number of ether oxygens (including phenoxy) is 1. The molecule has 0 saturated heterocycles. The Labute approximate surface area is 88.5 Å². The maximum Gasteiger partial charge on any atom is 0.330 e. The van der Waals surface area contributed by atoms with Gasteiger partial charge in [0.1, 0.15) is 6.61 Å². The van der Waals surface area contributed by atoms with Crippen molar-refractivity contribution in [1.29, 1.82) is 0 Å². The molecule has 0 aliphatic carbocycles. The molecule has 0 rings (SSSR count). The molecule has 0 aromatic rings. The average molecular weight is 220 g/mol. The van der Waals surface area contributed by atoms with Gasteiger partial charge < -0.3 is 4.74 Å². The first kappa shape index (κ1) is 12.9. The summed E-state index contributed by atoms with van der Waals surface area (Å²) >= 11 is 3.75. The Balaban J connectivity index is 2.99. The molecule has 0 unspecified atom stereocenters. The van der Waals surface area contributed by atoms with Crippen LogP contribution in [-0.4, -0.2) is 35.6 Å². The number of rotatable bonds is 8. The van der Waals surface area contributed by atoms with Crippen LogP contribution in [0.5, 0.6) is 0 Å². The molecule has 0 saturated carbocycles. The minimum absolute atomic E-state index is 0.330.